The molecule has 1 aromatic heterocycles. The van der Waals surface area contributed by atoms with Crippen LogP contribution in [0.2, 0.25) is 0 Å². The zero-order chi connectivity index (χ0) is 12.3. The molecule has 1 unspecified atom stereocenters. The fourth-order valence-electron chi connectivity index (χ4n) is 2.44. The molecule has 0 radical (unpaired) electrons. The second-order valence-corrected chi connectivity index (χ2v) is 5.35. The summed E-state index contributed by atoms with van der Waals surface area (Å²) >= 11 is 0. The van der Waals surface area contributed by atoms with Crippen molar-refractivity contribution in [1.82, 2.24) is 14.9 Å². The Labute approximate surface area is 103 Å². The summed E-state index contributed by atoms with van der Waals surface area (Å²) in [4.78, 5) is 4.18. The van der Waals surface area contributed by atoms with E-state index in [4.69, 9.17) is 4.74 Å². The molecule has 1 fully saturated rings. The number of ether oxygens (including phenoxy) is 1. The molecule has 4 nitrogen and oxygen atoms in total. The van der Waals surface area contributed by atoms with Crippen molar-refractivity contribution in [2.75, 3.05) is 6.61 Å². The minimum atomic E-state index is 0.0148. The highest BCUT2D eigenvalue weighted by atomic mass is 16.5. The highest BCUT2D eigenvalue weighted by molar-refractivity contribution is 4.98. The van der Waals surface area contributed by atoms with Crippen molar-refractivity contribution >= 4 is 0 Å². The van der Waals surface area contributed by atoms with Crippen molar-refractivity contribution in [3.8, 4) is 0 Å². The molecule has 1 aromatic rings. The van der Waals surface area contributed by atoms with Gasteiger partial charge in [-0.15, -0.1) is 0 Å². The second-order valence-electron chi connectivity index (χ2n) is 5.35. The van der Waals surface area contributed by atoms with Crippen molar-refractivity contribution in [3.63, 3.8) is 0 Å². The van der Waals surface area contributed by atoms with Gasteiger partial charge in [0.15, 0.2) is 0 Å². The molecule has 1 atom stereocenters. The summed E-state index contributed by atoms with van der Waals surface area (Å²) in [5.41, 5.74) is 1.28. The molecule has 96 valence electrons. The van der Waals surface area contributed by atoms with Crippen molar-refractivity contribution < 1.29 is 4.74 Å². The van der Waals surface area contributed by atoms with Crippen LogP contribution in [0.5, 0.6) is 0 Å². The molecule has 0 amide bonds. The fraction of sp³-hybridized carbons (Fsp3) is 0.769. The number of hydrogen-bond donors (Lipinski definition) is 1. The standard InChI is InChI=1S/C13H23N3O/c1-4-16-10-14-8-12(16)9-15-11-5-6-17-13(2,3)7-11/h8,10-11,15H,4-7,9H2,1-3H3. The van der Waals surface area contributed by atoms with E-state index < -0.39 is 0 Å². The number of hydrogen-bond acceptors (Lipinski definition) is 3. The summed E-state index contributed by atoms with van der Waals surface area (Å²) in [6, 6.07) is 0.555. The lowest BCUT2D eigenvalue weighted by Crippen LogP contribution is -2.43. The van der Waals surface area contributed by atoms with Crippen LogP contribution in [0.4, 0.5) is 0 Å². The van der Waals surface area contributed by atoms with Crippen LogP contribution in [-0.2, 0) is 17.8 Å². The zero-order valence-electron chi connectivity index (χ0n) is 11.1. The Kier molecular flexibility index (Phi) is 3.84. The van der Waals surface area contributed by atoms with Crippen LogP contribution in [0, 0.1) is 0 Å². The van der Waals surface area contributed by atoms with Gasteiger partial charge in [0.1, 0.15) is 0 Å². The first-order valence-electron chi connectivity index (χ1n) is 6.47. The van der Waals surface area contributed by atoms with Gasteiger partial charge in [0, 0.05) is 31.9 Å². The molecule has 4 heteroatoms. The lowest BCUT2D eigenvalue weighted by molar-refractivity contribution is -0.0631. The monoisotopic (exact) mass is 237 g/mol. The highest BCUT2D eigenvalue weighted by Gasteiger charge is 2.28. The number of imidazole rings is 1. The summed E-state index contributed by atoms with van der Waals surface area (Å²) in [5.74, 6) is 0. The smallest absolute Gasteiger partial charge is 0.0948 e. The summed E-state index contributed by atoms with van der Waals surface area (Å²) in [6.45, 7) is 9.21. The predicted octanol–water partition coefficient (Wildman–Crippen LogP) is 1.95. The van der Waals surface area contributed by atoms with Gasteiger partial charge in [0.25, 0.3) is 0 Å². The molecule has 0 saturated carbocycles. The van der Waals surface area contributed by atoms with E-state index in [0.717, 1.165) is 32.5 Å². The lowest BCUT2D eigenvalue weighted by atomic mass is 9.94. The Morgan fingerprint density at radius 3 is 3.12 bits per heavy atom. The van der Waals surface area contributed by atoms with Crippen molar-refractivity contribution in [2.45, 2.75) is 58.3 Å². The first-order valence-corrected chi connectivity index (χ1v) is 6.47. The Bertz CT molecular complexity index is 359. The maximum atomic E-state index is 5.72. The van der Waals surface area contributed by atoms with E-state index >= 15 is 0 Å². The number of aryl methyl sites for hydroxylation is 1. The lowest BCUT2D eigenvalue weighted by Gasteiger charge is -2.36. The van der Waals surface area contributed by atoms with E-state index in [1.54, 1.807) is 0 Å². The molecule has 0 bridgehead atoms. The quantitative estimate of drug-likeness (QED) is 0.870. The molecule has 0 aliphatic carbocycles. The maximum absolute atomic E-state index is 5.72. The summed E-state index contributed by atoms with van der Waals surface area (Å²) in [7, 11) is 0. The molecule has 2 rings (SSSR count). The molecule has 1 N–H and O–H groups in total. The third-order valence-corrected chi connectivity index (χ3v) is 3.41. The van der Waals surface area contributed by atoms with Gasteiger partial charge < -0.3 is 14.6 Å². The van der Waals surface area contributed by atoms with E-state index in [1.165, 1.54) is 5.69 Å². The number of aromatic nitrogens is 2. The fourth-order valence-corrected chi connectivity index (χ4v) is 2.44. The average molecular weight is 237 g/mol. The zero-order valence-corrected chi connectivity index (χ0v) is 11.1. The van der Waals surface area contributed by atoms with Gasteiger partial charge in [-0.25, -0.2) is 4.98 Å². The van der Waals surface area contributed by atoms with Gasteiger partial charge in [0.05, 0.1) is 17.6 Å². The van der Waals surface area contributed by atoms with Gasteiger partial charge in [-0.2, -0.15) is 0 Å². The number of nitrogens with one attached hydrogen (secondary N) is 1. The summed E-state index contributed by atoms with van der Waals surface area (Å²) in [6.07, 6.45) is 6.02. The normalized spacial score (nSPS) is 23.8. The van der Waals surface area contributed by atoms with Crippen molar-refractivity contribution in [1.29, 1.82) is 0 Å². The first-order chi connectivity index (χ1) is 8.11. The van der Waals surface area contributed by atoms with Gasteiger partial charge in [-0.1, -0.05) is 0 Å². The Morgan fingerprint density at radius 1 is 1.59 bits per heavy atom. The van der Waals surface area contributed by atoms with E-state index in [2.05, 4.69) is 35.6 Å². The predicted molar refractivity (Wildman–Crippen MR) is 67.8 cm³/mol. The molecule has 17 heavy (non-hydrogen) atoms. The SMILES string of the molecule is CCn1cncc1CNC1CCOC(C)(C)C1. The average Bonchev–Trinajstić information content (AvgIpc) is 2.72. The third-order valence-electron chi connectivity index (χ3n) is 3.41. The molecular weight excluding hydrogens is 214 g/mol. The van der Waals surface area contributed by atoms with Crippen LogP contribution in [0.1, 0.15) is 39.3 Å². The van der Waals surface area contributed by atoms with Crippen LogP contribution in [0.15, 0.2) is 12.5 Å². The largest absolute Gasteiger partial charge is 0.375 e. The minimum absolute atomic E-state index is 0.0148. The third kappa shape index (κ3) is 3.30. The topological polar surface area (TPSA) is 39.1 Å². The second kappa shape index (κ2) is 5.19. The van der Waals surface area contributed by atoms with Gasteiger partial charge in [0.2, 0.25) is 0 Å². The molecule has 2 heterocycles. The maximum Gasteiger partial charge on any atom is 0.0948 e. The summed E-state index contributed by atoms with van der Waals surface area (Å²) in [5, 5.41) is 3.61. The van der Waals surface area contributed by atoms with E-state index in [9.17, 15) is 0 Å². The van der Waals surface area contributed by atoms with Crippen LogP contribution in [0.3, 0.4) is 0 Å². The number of rotatable bonds is 4. The highest BCUT2D eigenvalue weighted by Crippen LogP contribution is 2.24. The van der Waals surface area contributed by atoms with E-state index in [-0.39, 0.29) is 5.60 Å². The first kappa shape index (κ1) is 12.6. The number of nitrogens with zero attached hydrogens (tertiary/aromatic N) is 2. The molecule has 0 aromatic carbocycles. The Hall–Kier alpha value is -0.870. The molecule has 1 aliphatic heterocycles. The summed E-state index contributed by atoms with van der Waals surface area (Å²) < 4.78 is 7.90. The van der Waals surface area contributed by atoms with Crippen molar-refractivity contribution in [3.05, 3.63) is 18.2 Å². The van der Waals surface area contributed by atoms with E-state index in [1.807, 2.05) is 12.5 Å². The van der Waals surface area contributed by atoms with Crippen LogP contribution >= 0.6 is 0 Å². The van der Waals surface area contributed by atoms with Crippen molar-refractivity contribution in [2.24, 2.45) is 0 Å². The molecule has 1 aliphatic rings. The van der Waals surface area contributed by atoms with E-state index in [0.29, 0.717) is 6.04 Å². The molecule has 0 spiro atoms. The molecular formula is C13H23N3O. The van der Waals surface area contributed by atoms with Crippen LogP contribution in [0.25, 0.3) is 0 Å². The van der Waals surface area contributed by atoms with Gasteiger partial charge in [-0.3, -0.25) is 0 Å². The van der Waals surface area contributed by atoms with Crippen LogP contribution in [-0.4, -0.2) is 27.8 Å². The van der Waals surface area contributed by atoms with Gasteiger partial charge >= 0.3 is 0 Å². The Morgan fingerprint density at radius 2 is 2.41 bits per heavy atom. The van der Waals surface area contributed by atoms with Crippen LogP contribution < -0.4 is 5.32 Å². The minimum Gasteiger partial charge on any atom is -0.375 e. The van der Waals surface area contributed by atoms with Gasteiger partial charge in [-0.05, 0) is 33.6 Å². The molecule has 1 saturated heterocycles. The Balaban J connectivity index is 1.86.